The highest BCUT2D eigenvalue weighted by atomic mass is 35.5. The number of pyridine rings is 1. The van der Waals surface area contributed by atoms with E-state index in [4.69, 9.17) is 16.3 Å². The Morgan fingerprint density at radius 3 is 2.70 bits per heavy atom. The number of ether oxygens (including phenoxy) is 1. The van der Waals surface area contributed by atoms with Crippen molar-refractivity contribution in [3.8, 4) is 0 Å². The van der Waals surface area contributed by atoms with Gasteiger partial charge in [0.15, 0.2) is 0 Å². The van der Waals surface area contributed by atoms with Crippen LogP contribution in [-0.4, -0.2) is 17.6 Å². The van der Waals surface area contributed by atoms with E-state index in [1.807, 2.05) is 12.1 Å². The van der Waals surface area contributed by atoms with E-state index < -0.39 is 5.97 Å². The molecule has 5 nitrogen and oxygen atoms in total. The number of carbonyl (C=O) groups is 1. The molecular formula is C14H14ClN3O2. The molecule has 2 aromatic rings. The Hall–Kier alpha value is -2.27. The van der Waals surface area contributed by atoms with Gasteiger partial charge in [0.25, 0.3) is 0 Å². The van der Waals surface area contributed by atoms with Crippen LogP contribution < -0.4 is 10.9 Å². The quantitative estimate of drug-likeness (QED) is 0.653. The molecule has 1 aromatic carbocycles. The summed E-state index contributed by atoms with van der Waals surface area (Å²) in [5, 5.41) is 0.659. The molecule has 20 heavy (non-hydrogen) atoms. The number of hydrogen-bond acceptors (Lipinski definition) is 5. The number of hydrazine groups is 1. The topological polar surface area (TPSA) is 63.2 Å². The fourth-order valence-corrected chi connectivity index (χ4v) is 1.67. The van der Waals surface area contributed by atoms with Crippen LogP contribution in [0.5, 0.6) is 0 Å². The molecule has 1 heterocycles. The molecule has 0 aliphatic carbocycles. The minimum Gasteiger partial charge on any atom is -0.462 e. The first-order valence-corrected chi connectivity index (χ1v) is 6.47. The molecule has 6 heteroatoms. The Labute approximate surface area is 121 Å². The van der Waals surface area contributed by atoms with Crippen molar-refractivity contribution in [3.05, 3.63) is 53.3 Å². The zero-order valence-corrected chi connectivity index (χ0v) is 11.6. The number of nitrogens with zero attached hydrogens (tertiary/aromatic N) is 1. The number of halogens is 1. The standard InChI is InChI=1S/C14H14ClN3O2/c1-2-20-14(19)12-9-16-8-7-13(12)18-17-11-5-3-10(15)4-6-11/h3-9,17H,2H2,1H3,(H,16,18). The van der Waals surface area contributed by atoms with Crippen LogP contribution in [0.2, 0.25) is 5.02 Å². The van der Waals surface area contributed by atoms with Crippen LogP contribution in [-0.2, 0) is 4.74 Å². The second-order valence-corrected chi connectivity index (χ2v) is 4.34. The molecule has 0 amide bonds. The Morgan fingerprint density at radius 1 is 1.25 bits per heavy atom. The highest BCUT2D eigenvalue weighted by Gasteiger charge is 2.12. The average Bonchev–Trinajstić information content (AvgIpc) is 2.47. The lowest BCUT2D eigenvalue weighted by Gasteiger charge is -2.12. The lowest BCUT2D eigenvalue weighted by atomic mass is 10.2. The fraction of sp³-hybridized carbons (Fsp3) is 0.143. The molecule has 2 N–H and O–H groups in total. The Balaban J connectivity index is 2.09. The summed E-state index contributed by atoms with van der Waals surface area (Å²) in [6.45, 7) is 2.07. The summed E-state index contributed by atoms with van der Waals surface area (Å²) in [7, 11) is 0. The average molecular weight is 292 g/mol. The van der Waals surface area contributed by atoms with Crippen LogP contribution in [0.1, 0.15) is 17.3 Å². The number of rotatable bonds is 5. The maximum atomic E-state index is 11.8. The van der Waals surface area contributed by atoms with Crippen molar-refractivity contribution in [1.29, 1.82) is 0 Å². The van der Waals surface area contributed by atoms with E-state index in [0.717, 1.165) is 5.69 Å². The van der Waals surface area contributed by atoms with E-state index in [2.05, 4.69) is 15.8 Å². The predicted octanol–water partition coefficient (Wildman–Crippen LogP) is 3.35. The maximum absolute atomic E-state index is 11.8. The highest BCUT2D eigenvalue weighted by molar-refractivity contribution is 6.30. The molecular weight excluding hydrogens is 278 g/mol. The number of anilines is 2. The Kier molecular flexibility index (Phi) is 4.79. The van der Waals surface area contributed by atoms with Crippen molar-refractivity contribution >= 4 is 28.9 Å². The number of hydrogen-bond donors (Lipinski definition) is 2. The molecule has 0 saturated heterocycles. The lowest BCUT2D eigenvalue weighted by molar-refractivity contribution is 0.0527. The third-order valence-electron chi connectivity index (χ3n) is 2.50. The molecule has 0 bridgehead atoms. The van der Waals surface area contributed by atoms with Crippen molar-refractivity contribution in [2.24, 2.45) is 0 Å². The first-order valence-electron chi connectivity index (χ1n) is 6.09. The molecule has 104 valence electrons. The smallest absolute Gasteiger partial charge is 0.341 e. The van der Waals surface area contributed by atoms with Gasteiger partial charge in [-0.3, -0.25) is 10.4 Å². The number of carbonyl (C=O) groups excluding carboxylic acids is 1. The largest absolute Gasteiger partial charge is 0.462 e. The molecule has 0 saturated carbocycles. The van der Waals surface area contributed by atoms with Crippen LogP contribution in [0.4, 0.5) is 11.4 Å². The molecule has 0 unspecified atom stereocenters. The highest BCUT2D eigenvalue weighted by Crippen LogP contribution is 2.17. The van der Waals surface area contributed by atoms with Gasteiger partial charge in [0.1, 0.15) is 5.56 Å². The van der Waals surface area contributed by atoms with E-state index in [-0.39, 0.29) is 0 Å². The van der Waals surface area contributed by atoms with E-state index >= 15 is 0 Å². The lowest BCUT2D eigenvalue weighted by Crippen LogP contribution is -2.14. The summed E-state index contributed by atoms with van der Waals surface area (Å²) in [4.78, 5) is 15.7. The van der Waals surface area contributed by atoms with Crippen LogP contribution >= 0.6 is 11.6 Å². The fourth-order valence-electron chi connectivity index (χ4n) is 1.55. The second kappa shape index (κ2) is 6.77. The van der Waals surface area contributed by atoms with Gasteiger partial charge < -0.3 is 10.2 Å². The first kappa shape index (κ1) is 14.1. The van der Waals surface area contributed by atoms with Gasteiger partial charge in [0.2, 0.25) is 0 Å². The summed E-state index contributed by atoms with van der Waals surface area (Å²) < 4.78 is 4.97. The SMILES string of the molecule is CCOC(=O)c1cnccc1NNc1ccc(Cl)cc1. The zero-order valence-electron chi connectivity index (χ0n) is 10.9. The third kappa shape index (κ3) is 3.61. The van der Waals surface area contributed by atoms with Crippen LogP contribution in [0.15, 0.2) is 42.7 Å². The number of aromatic nitrogens is 1. The van der Waals surface area contributed by atoms with Gasteiger partial charge in [-0.2, -0.15) is 0 Å². The third-order valence-corrected chi connectivity index (χ3v) is 2.75. The van der Waals surface area contributed by atoms with Gasteiger partial charge >= 0.3 is 5.97 Å². The zero-order chi connectivity index (χ0) is 14.4. The number of esters is 1. The summed E-state index contributed by atoms with van der Waals surface area (Å²) >= 11 is 5.81. The van der Waals surface area contributed by atoms with Crippen molar-refractivity contribution in [2.75, 3.05) is 17.5 Å². The molecule has 0 fully saturated rings. The summed E-state index contributed by atoms with van der Waals surface area (Å²) in [6, 6.07) is 8.87. The molecule has 0 aliphatic rings. The van der Waals surface area contributed by atoms with Gasteiger partial charge in [-0.1, -0.05) is 11.6 Å². The monoisotopic (exact) mass is 291 g/mol. The van der Waals surface area contributed by atoms with E-state index in [0.29, 0.717) is 22.9 Å². The second-order valence-electron chi connectivity index (χ2n) is 3.90. The summed E-state index contributed by atoms with van der Waals surface area (Å²) in [6.07, 6.45) is 3.05. The normalized spacial score (nSPS) is 9.90. The molecule has 2 rings (SSSR count). The molecule has 1 aromatic heterocycles. The predicted molar refractivity (Wildman–Crippen MR) is 78.9 cm³/mol. The van der Waals surface area contributed by atoms with E-state index in [1.165, 1.54) is 6.20 Å². The van der Waals surface area contributed by atoms with Crippen molar-refractivity contribution in [1.82, 2.24) is 4.98 Å². The van der Waals surface area contributed by atoms with Crippen molar-refractivity contribution in [2.45, 2.75) is 6.92 Å². The van der Waals surface area contributed by atoms with E-state index in [1.54, 1.807) is 31.3 Å². The van der Waals surface area contributed by atoms with Gasteiger partial charge in [-0.15, -0.1) is 0 Å². The van der Waals surface area contributed by atoms with Crippen molar-refractivity contribution in [3.63, 3.8) is 0 Å². The molecule has 0 atom stereocenters. The summed E-state index contributed by atoms with van der Waals surface area (Å²) in [5.74, 6) is -0.416. The minimum atomic E-state index is -0.416. The molecule has 0 aliphatic heterocycles. The Bertz CT molecular complexity index is 587. The van der Waals surface area contributed by atoms with Gasteiger partial charge in [0.05, 0.1) is 18.0 Å². The number of nitrogens with one attached hydrogen (secondary N) is 2. The molecule has 0 radical (unpaired) electrons. The van der Waals surface area contributed by atoms with Gasteiger partial charge in [-0.25, -0.2) is 4.79 Å². The van der Waals surface area contributed by atoms with Crippen LogP contribution in [0, 0.1) is 0 Å². The minimum absolute atomic E-state index is 0.317. The maximum Gasteiger partial charge on any atom is 0.341 e. The van der Waals surface area contributed by atoms with Gasteiger partial charge in [-0.05, 0) is 37.3 Å². The molecule has 0 spiro atoms. The number of benzene rings is 1. The van der Waals surface area contributed by atoms with Gasteiger partial charge in [0, 0.05) is 17.4 Å². The van der Waals surface area contributed by atoms with Crippen molar-refractivity contribution < 1.29 is 9.53 Å². The first-order chi connectivity index (χ1) is 9.70. The summed E-state index contributed by atoms with van der Waals surface area (Å²) in [5.41, 5.74) is 7.72. The van der Waals surface area contributed by atoms with Crippen LogP contribution in [0.25, 0.3) is 0 Å². The van der Waals surface area contributed by atoms with E-state index in [9.17, 15) is 4.79 Å². The van der Waals surface area contributed by atoms with Crippen LogP contribution in [0.3, 0.4) is 0 Å². The Morgan fingerprint density at radius 2 is 2.00 bits per heavy atom.